The first-order chi connectivity index (χ1) is 6.93. The second-order valence-electron chi connectivity index (χ2n) is 4.87. The van der Waals surface area contributed by atoms with Crippen LogP contribution in [-0.4, -0.2) is 31.3 Å². The van der Waals surface area contributed by atoms with Crippen molar-refractivity contribution in [3.05, 3.63) is 18.2 Å². The van der Waals surface area contributed by atoms with Gasteiger partial charge in [0.15, 0.2) is 0 Å². The lowest BCUT2D eigenvalue weighted by Gasteiger charge is -2.47. The van der Waals surface area contributed by atoms with Gasteiger partial charge in [-0.2, -0.15) is 0 Å². The first kappa shape index (κ1) is 10.1. The largest absolute Gasteiger partial charge is 0.506 e. The van der Waals surface area contributed by atoms with E-state index in [9.17, 15) is 5.11 Å². The van der Waals surface area contributed by atoms with Crippen molar-refractivity contribution in [2.45, 2.75) is 19.4 Å². The van der Waals surface area contributed by atoms with Gasteiger partial charge in [-0.3, -0.25) is 0 Å². The SMILES string of the molecule is CN1CC(C)(C)N(C)c2c(O)cccc21. The maximum absolute atomic E-state index is 9.91. The van der Waals surface area contributed by atoms with Crippen LogP contribution < -0.4 is 9.80 Å². The maximum atomic E-state index is 9.91. The van der Waals surface area contributed by atoms with Gasteiger partial charge >= 0.3 is 0 Å². The van der Waals surface area contributed by atoms with Gasteiger partial charge in [0, 0.05) is 20.6 Å². The fourth-order valence-corrected chi connectivity index (χ4v) is 2.25. The van der Waals surface area contributed by atoms with Gasteiger partial charge in [0.1, 0.15) is 11.4 Å². The average Bonchev–Trinajstić information content (AvgIpc) is 2.14. The number of anilines is 2. The summed E-state index contributed by atoms with van der Waals surface area (Å²) in [4.78, 5) is 4.34. The molecule has 1 N–H and O–H groups in total. The molecule has 3 heteroatoms. The van der Waals surface area contributed by atoms with Crippen LogP contribution in [0.4, 0.5) is 11.4 Å². The minimum Gasteiger partial charge on any atom is -0.506 e. The summed E-state index contributed by atoms with van der Waals surface area (Å²) in [6.07, 6.45) is 0. The molecule has 15 heavy (non-hydrogen) atoms. The molecule has 0 amide bonds. The van der Waals surface area contributed by atoms with Crippen LogP contribution in [0.1, 0.15) is 13.8 Å². The molecule has 0 saturated carbocycles. The van der Waals surface area contributed by atoms with E-state index in [1.165, 1.54) is 0 Å². The number of benzene rings is 1. The predicted molar refractivity (Wildman–Crippen MR) is 63.9 cm³/mol. The smallest absolute Gasteiger partial charge is 0.141 e. The number of nitrogens with zero attached hydrogens (tertiary/aromatic N) is 2. The highest BCUT2D eigenvalue weighted by molar-refractivity contribution is 5.79. The van der Waals surface area contributed by atoms with E-state index >= 15 is 0 Å². The molecule has 0 unspecified atom stereocenters. The second-order valence-corrected chi connectivity index (χ2v) is 4.87. The molecule has 0 aromatic heterocycles. The zero-order chi connectivity index (χ0) is 11.2. The Balaban J connectivity index is 2.60. The van der Waals surface area contributed by atoms with E-state index in [1.807, 2.05) is 19.2 Å². The predicted octanol–water partition coefficient (Wildman–Crippen LogP) is 2.06. The summed E-state index contributed by atoms with van der Waals surface area (Å²) in [5.41, 5.74) is 2.06. The van der Waals surface area contributed by atoms with Crippen molar-refractivity contribution < 1.29 is 5.11 Å². The molecule has 1 aromatic carbocycles. The average molecular weight is 206 g/mol. The molecular weight excluding hydrogens is 188 g/mol. The summed E-state index contributed by atoms with van der Waals surface area (Å²) in [6.45, 7) is 5.32. The highest BCUT2D eigenvalue weighted by atomic mass is 16.3. The van der Waals surface area contributed by atoms with Gasteiger partial charge in [-0.15, -0.1) is 0 Å². The Morgan fingerprint density at radius 2 is 1.93 bits per heavy atom. The lowest BCUT2D eigenvalue weighted by Crippen LogP contribution is -2.53. The van der Waals surface area contributed by atoms with E-state index < -0.39 is 0 Å². The number of fused-ring (bicyclic) bond motifs is 1. The Bertz CT molecular complexity index is 387. The normalized spacial score (nSPS) is 18.9. The van der Waals surface area contributed by atoms with Crippen LogP contribution in [0.2, 0.25) is 0 Å². The van der Waals surface area contributed by atoms with E-state index in [0.29, 0.717) is 5.75 Å². The van der Waals surface area contributed by atoms with Crippen LogP contribution >= 0.6 is 0 Å². The number of aromatic hydroxyl groups is 1. The Morgan fingerprint density at radius 3 is 2.60 bits per heavy atom. The number of phenols is 1. The van der Waals surface area contributed by atoms with Gasteiger partial charge in [-0.25, -0.2) is 0 Å². The van der Waals surface area contributed by atoms with Crippen molar-refractivity contribution in [2.24, 2.45) is 0 Å². The zero-order valence-corrected chi connectivity index (χ0v) is 9.78. The molecule has 0 saturated heterocycles. The Labute approximate surface area is 90.9 Å². The van der Waals surface area contributed by atoms with Gasteiger partial charge in [0.2, 0.25) is 0 Å². The summed E-state index contributed by atoms with van der Waals surface area (Å²) in [7, 11) is 4.10. The van der Waals surface area contributed by atoms with Crippen LogP contribution in [0.3, 0.4) is 0 Å². The molecule has 1 aliphatic rings. The van der Waals surface area contributed by atoms with Crippen LogP contribution in [0.25, 0.3) is 0 Å². The number of para-hydroxylation sites is 1. The third-order valence-corrected chi connectivity index (χ3v) is 3.27. The fraction of sp³-hybridized carbons (Fsp3) is 0.500. The number of hydrogen-bond donors (Lipinski definition) is 1. The molecule has 3 nitrogen and oxygen atoms in total. The number of likely N-dealkylation sites (N-methyl/N-ethyl adjacent to an activating group) is 2. The molecule has 0 radical (unpaired) electrons. The van der Waals surface area contributed by atoms with Crippen molar-refractivity contribution >= 4 is 11.4 Å². The third-order valence-electron chi connectivity index (χ3n) is 3.27. The van der Waals surface area contributed by atoms with Crippen molar-refractivity contribution in [1.29, 1.82) is 0 Å². The summed E-state index contributed by atoms with van der Waals surface area (Å²) in [5, 5.41) is 9.91. The quantitative estimate of drug-likeness (QED) is 0.704. The molecule has 0 aliphatic carbocycles. The fourth-order valence-electron chi connectivity index (χ4n) is 2.25. The Hall–Kier alpha value is -1.38. The highest BCUT2D eigenvalue weighted by Gasteiger charge is 2.34. The number of phenolic OH excluding ortho intramolecular Hbond substituents is 1. The monoisotopic (exact) mass is 206 g/mol. The molecule has 1 aromatic rings. The summed E-state index contributed by atoms with van der Waals surface area (Å²) in [5.74, 6) is 0.356. The van der Waals surface area contributed by atoms with Gasteiger partial charge in [0.25, 0.3) is 0 Å². The summed E-state index contributed by atoms with van der Waals surface area (Å²) < 4.78 is 0. The standard InChI is InChI=1S/C12H18N2O/c1-12(2)8-13(3)9-6-5-7-10(15)11(9)14(12)4/h5-7,15H,8H2,1-4H3. The summed E-state index contributed by atoms with van der Waals surface area (Å²) >= 11 is 0. The molecule has 0 bridgehead atoms. The lowest BCUT2D eigenvalue weighted by molar-refractivity contribution is 0.441. The Kier molecular flexibility index (Phi) is 2.07. The van der Waals surface area contributed by atoms with Crippen LogP contribution in [0, 0.1) is 0 Å². The second kappa shape index (κ2) is 3.05. The number of rotatable bonds is 0. The zero-order valence-electron chi connectivity index (χ0n) is 9.78. The summed E-state index contributed by atoms with van der Waals surface area (Å²) in [6, 6.07) is 5.67. The molecule has 0 spiro atoms. The number of hydrogen-bond acceptors (Lipinski definition) is 3. The molecule has 82 valence electrons. The van der Waals surface area contributed by atoms with E-state index in [-0.39, 0.29) is 5.54 Å². The molecule has 1 heterocycles. The topological polar surface area (TPSA) is 26.7 Å². The molecule has 0 atom stereocenters. The molecule has 0 fully saturated rings. The van der Waals surface area contributed by atoms with Crippen molar-refractivity contribution in [3.8, 4) is 5.75 Å². The third kappa shape index (κ3) is 1.42. The highest BCUT2D eigenvalue weighted by Crippen LogP contribution is 2.43. The van der Waals surface area contributed by atoms with E-state index in [4.69, 9.17) is 0 Å². The first-order valence-corrected chi connectivity index (χ1v) is 5.20. The Morgan fingerprint density at radius 1 is 1.27 bits per heavy atom. The first-order valence-electron chi connectivity index (χ1n) is 5.20. The van der Waals surface area contributed by atoms with Crippen LogP contribution in [0.15, 0.2) is 18.2 Å². The van der Waals surface area contributed by atoms with E-state index in [1.54, 1.807) is 6.07 Å². The maximum Gasteiger partial charge on any atom is 0.141 e. The van der Waals surface area contributed by atoms with E-state index in [2.05, 4.69) is 30.7 Å². The van der Waals surface area contributed by atoms with Crippen LogP contribution in [-0.2, 0) is 0 Å². The molecular formula is C12H18N2O. The van der Waals surface area contributed by atoms with E-state index in [0.717, 1.165) is 17.9 Å². The van der Waals surface area contributed by atoms with Crippen molar-refractivity contribution in [3.63, 3.8) is 0 Å². The molecule has 2 rings (SSSR count). The van der Waals surface area contributed by atoms with Gasteiger partial charge in [0.05, 0.1) is 11.2 Å². The van der Waals surface area contributed by atoms with Gasteiger partial charge in [-0.1, -0.05) is 6.07 Å². The van der Waals surface area contributed by atoms with Gasteiger partial charge in [-0.05, 0) is 26.0 Å². The van der Waals surface area contributed by atoms with Crippen LogP contribution in [0.5, 0.6) is 5.75 Å². The van der Waals surface area contributed by atoms with Crippen molar-refractivity contribution in [2.75, 3.05) is 30.4 Å². The van der Waals surface area contributed by atoms with Crippen molar-refractivity contribution in [1.82, 2.24) is 0 Å². The lowest BCUT2D eigenvalue weighted by atomic mass is 9.97. The van der Waals surface area contributed by atoms with Gasteiger partial charge < -0.3 is 14.9 Å². The minimum atomic E-state index is 0.0422. The minimum absolute atomic E-state index is 0.0422. The molecule has 1 aliphatic heterocycles.